The van der Waals surface area contributed by atoms with Crippen molar-refractivity contribution < 1.29 is 0 Å². The Morgan fingerprint density at radius 3 is 2.93 bits per heavy atom. The monoisotopic (exact) mass is 227 g/mol. The molecule has 0 unspecified atom stereocenters. The van der Waals surface area contributed by atoms with Crippen molar-refractivity contribution >= 4 is 22.9 Å². The van der Waals surface area contributed by atoms with Crippen LogP contribution in [0.1, 0.15) is 10.6 Å². The van der Waals surface area contributed by atoms with Gasteiger partial charge >= 0.3 is 0 Å². The van der Waals surface area contributed by atoms with Gasteiger partial charge in [0, 0.05) is 17.6 Å². The van der Waals surface area contributed by atoms with Gasteiger partial charge in [0.05, 0.1) is 16.6 Å². The van der Waals surface area contributed by atoms with E-state index in [1.54, 1.807) is 17.5 Å². The predicted molar refractivity (Wildman–Crippen MR) is 58.5 cm³/mol. The molecule has 2 N–H and O–H groups in total. The first kappa shape index (κ1) is 9.71. The summed E-state index contributed by atoms with van der Waals surface area (Å²) in [7, 11) is 0. The molecule has 0 aliphatic heterocycles. The number of hydrogen-bond acceptors (Lipinski definition) is 3. The molecule has 2 aromatic heterocycles. The Bertz CT molecular complexity index is 421. The van der Waals surface area contributed by atoms with Gasteiger partial charge in [0.25, 0.3) is 0 Å². The van der Waals surface area contributed by atoms with Crippen LogP contribution in [-0.4, -0.2) is 9.78 Å². The highest BCUT2D eigenvalue weighted by Gasteiger charge is 2.03. The van der Waals surface area contributed by atoms with E-state index >= 15 is 0 Å². The Morgan fingerprint density at radius 1 is 1.43 bits per heavy atom. The van der Waals surface area contributed by atoms with Crippen molar-refractivity contribution in [2.24, 2.45) is 5.73 Å². The van der Waals surface area contributed by atoms with Crippen LogP contribution in [0.5, 0.6) is 0 Å². The molecule has 2 heterocycles. The fraction of sp³-hybridized carbons (Fsp3) is 0.222. The average molecular weight is 228 g/mol. The molecule has 0 aliphatic rings. The predicted octanol–water partition coefficient (Wildman–Crippen LogP) is 2.10. The van der Waals surface area contributed by atoms with E-state index in [0.717, 1.165) is 16.6 Å². The molecule has 0 aromatic carbocycles. The molecule has 0 saturated carbocycles. The SMILES string of the molecule is NCc1ccnn1Cc1ccc(Cl)s1. The van der Waals surface area contributed by atoms with Crippen molar-refractivity contribution in [3.63, 3.8) is 0 Å². The zero-order valence-corrected chi connectivity index (χ0v) is 9.05. The summed E-state index contributed by atoms with van der Waals surface area (Å²) in [5.41, 5.74) is 6.61. The lowest BCUT2D eigenvalue weighted by atomic mass is 10.4. The summed E-state index contributed by atoms with van der Waals surface area (Å²) in [4.78, 5) is 1.19. The van der Waals surface area contributed by atoms with Gasteiger partial charge in [0.2, 0.25) is 0 Å². The molecule has 0 aliphatic carbocycles. The number of hydrogen-bond donors (Lipinski definition) is 1. The highest BCUT2D eigenvalue weighted by molar-refractivity contribution is 7.16. The van der Waals surface area contributed by atoms with Crippen LogP contribution in [0.15, 0.2) is 24.4 Å². The summed E-state index contributed by atoms with van der Waals surface area (Å²) in [6, 6.07) is 5.83. The molecule has 0 bridgehead atoms. The van der Waals surface area contributed by atoms with Gasteiger partial charge < -0.3 is 5.73 Å². The van der Waals surface area contributed by atoms with Gasteiger partial charge in [-0.1, -0.05) is 11.6 Å². The van der Waals surface area contributed by atoms with Crippen molar-refractivity contribution in [3.8, 4) is 0 Å². The Balaban J connectivity index is 2.18. The van der Waals surface area contributed by atoms with E-state index in [1.165, 1.54) is 4.88 Å². The molecule has 0 fully saturated rings. The zero-order valence-electron chi connectivity index (χ0n) is 7.48. The third-order valence-electron chi connectivity index (χ3n) is 1.95. The van der Waals surface area contributed by atoms with Gasteiger partial charge in [-0.15, -0.1) is 11.3 Å². The molecule has 0 amide bonds. The van der Waals surface area contributed by atoms with Crippen LogP contribution < -0.4 is 5.73 Å². The molecular weight excluding hydrogens is 218 g/mol. The number of thiophene rings is 1. The van der Waals surface area contributed by atoms with Gasteiger partial charge in [-0.3, -0.25) is 4.68 Å². The number of nitrogens with zero attached hydrogens (tertiary/aromatic N) is 2. The molecule has 3 nitrogen and oxygen atoms in total. The lowest BCUT2D eigenvalue weighted by molar-refractivity contribution is 0.652. The Morgan fingerprint density at radius 2 is 2.29 bits per heavy atom. The van der Waals surface area contributed by atoms with E-state index in [9.17, 15) is 0 Å². The molecule has 0 spiro atoms. The standard InChI is InChI=1S/C9H10ClN3S/c10-9-2-1-8(14-9)6-13-7(5-11)3-4-12-13/h1-4H,5-6,11H2. The molecule has 0 atom stereocenters. The lowest BCUT2D eigenvalue weighted by Crippen LogP contribution is -2.08. The van der Waals surface area contributed by atoms with Crippen LogP contribution >= 0.6 is 22.9 Å². The fourth-order valence-corrected chi connectivity index (χ4v) is 2.33. The van der Waals surface area contributed by atoms with E-state index in [-0.39, 0.29) is 0 Å². The van der Waals surface area contributed by atoms with E-state index in [0.29, 0.717) is 6.54 Å². The van der Waals surface area contributed by atoms with Crippen LogP contribution in [0.25, 0.3) is 0 Å². The third-order valence-corrected chi connectivity index (χ3v) is 3.16. The summed E-state index contributed by atoms with van der Waals surface area (Å²) in [5, 5.41) is 4.19. The molecule has 0 radical (unpaired) electrons. The van der Waals surface area contributed by atoms with Crippen LogP contribution in [0.2, 0.25) is 4.34 Å². The second-order valence-corrected chi connectivity index (χ2v) is 4.69. The summed E-state index contributed by atoms with van der Waals surface area (Å²) in [6.45, 7) is 1.26. The first-order valence-corrected chi connectivity index (χ1v) is 5.44. The van der Waals surface area contributed by atoms with Crippen molar-refractivity contribution in [3.05, 3.63) is 39.3 Å². The average Bonchev–Trinajstić information content (AvgIpc) is 2.76. The smallest absolute Gasteiger partial charge is 0.0931 e. The highest BCUT2D eigenvalue weighted by Crippen LogP contribution is 2.22. The fourth-order valence-electron chi connectivity index (χ4n) is 1.26. The maximum absolute atomic E-state index is 5.84. The normalized spacial score (nSPS) is 10.7. The van der Waals surface area contributed by atoms with E-state index < -0.39 is 0 Å². The van der Waals surface area contributed by atoms with Gasteiger partial charge in [-0.05, 0) is 18.2 Å². The van der Waals surface area contributed by atoms with Crippen molar-refractivity contribution in [1.29, 1.82) is 0 Å². The molecule has 14 heavy (non-hydrogen) atoms. The van der Waals surface area contributed by atoms with Crippen LogP contribution in [0.3, 0.4) is 0 Å². The topological polar surface area (TPSA) is 43.8 Å². The van der Waals surface area contributed by atoms with Gasteiger partial charge in [0.15, 0.2) is 0 Å². The molecule has 0 saturated heterocycles. The van der Waals surface area contributed by atoms with E-state index in [2.05, 4.69) is 5.10 Å². The first-order valence-electron chi connectivity index (χ1n) is 4.24. The number of aromatic nitrogens is 2. The second-order valence-electron chi connectivity index (χ2n) is 2.89. The summed E-state index contributed by atoms with van der Waals surface area (Å²) < 4.78 is 2.70. The number of nitrogens with two attached hydrogens (primary N) is 1. The molecule has 2 aromatic rings. The number of rotatable bonds is 3. The molecular formula is C9H10ClN3S. The summed E-state index contributed by atoms with van der Waals surface area (Å²) in [5.74, 6) is 0. The van der Waals surface area contributed by atoms with Crippen LogP contribution in [-0.2, 0) is 13.1 Å². The zero-order chi connectivity index (χ0) is 9.97. The highest BCUT2D eigenvalue weighted by atomic mass is 35.5. The maximum atomic E-state index is 5.84. The lowest BCUT2D eigenvalue weighted by Gasteiger charge is -2.02. The molecule has 5 heteroatoms. The van der Waals surface area contributed by atoms with Gasteiger partial charge in [-0.2, -0.15) is 5.10 Å². The summed E-state index contributed by atoms with van der Waals surface area (Å²) in [6.07, 6.45) is 1.76. The first-order chi connectivity index (χ1) is 6.79. The van der Waals surface area contributed by atoms with Gasteiger partial charge in [-0.25, -0.2) is 0 Å². The van der Waals surface area contributed by atoms with Crippen molar-refractivity contribution in [1.82, 2.24) is 9.78 Å². The molecule has 74 valence electrons. The minimum atomic E-state index is 0.513. The van der Waals surface area contributed by atoms with E-state index in [4.69, 9.17) is 17.3 Å². The minimum Gasteiger partial charge on any atom is -0.325 e. The van der Waals surface area contributed by atoms with E-state index in [1.807, 2.05) is 22.9 Å². The van der Waals surface area contributed by atoms with Gasteiger partial charge in [0.1, 0.15) is 0 Å². The quantitative estimate of drug-likeness (QED) is 0.873. The van der Waals surface area contributed by atoms with Crippen molar-refractivity contribution in [2.45, 2.75) is 13.1 Å². The Kier molecular flexibility index (Phi) is 2.86. The number of halogens is 1. The minimum absolute atomic E-state index is 0.513. The molecule has 2 rings (SSSR count). The summed E-state index contributed by atoms with van der Waals surface area (Å²) >= 11 is 7.41. The van der Waals surface area contributed by atoms with Crippen LogP contribution in [0, 0.1) is 0 Å². The largest absolute Gasteiger partial charge is 0.325 e. The van der Waals surface area contributed by atoms with Crippen LogP contribution in [0.4, 0.5) is 0 Å². The second kappa shape index (κ2) is 4.13. The Labute approximate surface area is 91.1 Å². The third kappa shape index (κ3) is 1.97. The van der Waals surface area contributed by atoms with Crippen molar-refractivity contribution in [2.75, 3.05) is 0 Å². The Hall–Kier alpha value is -0.840. The maximum Gasteiger partial charge on any atom is 0.0931 e.